The van der Waals surface area contributed by atoms with Crippen LogP contribution in [0.25, 0.3) is 0 Å². The zero-order valence-corrected chi connectivity index (χ0v) is 11.6. The topological polar surface area (TPSA) is 3.01 Å². The quantitative estimate of drug-likeness (QED) is 0.557. The van der Waals surface area contributed by atoms with Crippen LogP contribution < -0.4 is 0 Å². The summed E-state index contributed by atoms with van der Waals surface area (Å²) in [6, 6.07) is 17.1. The Morgan fingerprint density at radius 3 is 1.44 bits per heavy atom. The normalized spacial score (nSPS) is 10.2. The summed E-state index contributed by atoms with van der Waals surface area (Å²) in [4.78, 5) is 0. The van der Waals surface area contributed by atoms with Gasteiger partial charge in [-0.05, 0) is 37.1 Å². The third kappa shape index (κ3) is 2.35. The third-order valence-corrected chi connectivity index (χ3v) is 3.25. The molecule has 0 aliphatic carbocycles. The maximum Gasteiger partial charge on any atom is 0.214 e. The van der Waals surface area contributed by atoms with Gasteiger partial charge in [-0.3, -0.25) is 0 Å². The van der Waals surface area contributed by atoms with Crippen molar-refractivity contribution in [3.63, 3.8) is 0 Å². The van der Waals surface area contributed by atoms with Crippen molar-refractivity contribution < 1.29 is 4.58 Å². The van der Waals surface area contributed by atoms with Gasteiger partial charge in [0.25, 0.3) is 0 Å². The molecule has 0 atom stereocenters. The second-order valence-corrected chi connectivity index (χ2v) is 4.87. The van der Waals surface area contributed by atoms with Crippen LogP contribution in [0.15, 0.2) is 48.5 Å². The summed E-state index contributed by atoms with van der Waals surface area (Å²) < 4.78 is 2.20. The van der Waals surface area contributed by atoms with Crippen LogP contribution in [0, 0.1) is 13.8 Å². The molecule has 2 aromatic rings. The molecule has 0 radical (unpaired) electrons. The Balaban J connectivity index is 2.68. The van der Waals surface area contributed by atoms with E-state index in [1.807, 2.05) is 0 Å². The lowest BCUT2D eigenvalue weighted by molar-refractivity contribution is -0.463. The molecule has 2 aromatic carbocycles. The van der Waals surface area contributed by atoms with Crippen LogP contribution in [0.3, 0.4) is 0 Å². The summed E-state index contributed by atoms with van der Waals surface area (Å²) in [6.07, 6.45) is 0. The number of aryl methyl sites for hydroxylation is 2. The Labute approximate surface area is 109 Å². The van der Waals surface area contributed by atoms with Crippen LogP contribution in [-0.4, -0.2) is 24.4 Å². The van der Waals surface area contributed by atoms with Crippen LogP contribution in [0.4, 0.5) is 0 Å². The zero-order valence-electron chi connectivity index (χ0n) is 11.6. The standard InChI is InChI=1S/C17H20N/c1-13-9-5-7-11-15(13)17(18(3)4)16-12-8-6-10-14(16)2/h5-12H,1-4H3/q+1. The van der Waals surface area contributed by atoms with Gasteiger partial charge in [0.15, 0.2) is 0 Å². The van der Waals surface area contributed by atoms with Gasteiger partial charge in [-0.15, -0.1) is 0 Å². The monoisotopic (exact) mass is 238 g/mol. The highest BCUT2D eigenvalue weighted by Crippen LogP contribution is 2.17. The van der Waals surface area contributed by atoms with E-state index < -0.39 is 0 Å². The molecule has 0 saturated heterocycles. The largest absolute Gasteiger partial charge is 0.234 e. The summed E-state index contributed by atoms with van der Waals surface area (Å²) in [5.74, 6) is 0. The lowest BCUT2D eigenvalue weighted by Gasteiger charge is -2.10. The van der Waals surface area contributed by atoms with Crippen molar-refractivity contribution in [3.05, 3.63) is 70.8 Å². The molecule has 0 heterocycles. The van der Waals surface area contributed by atoms with Gasteiger partial charge >= 0.3 is 0 Å². The predicted molar refractivity (Wildman–Crippen MR) is 77.7 cm³/mol. The van der Waals surface area contributed by atoms with Crippen LogP contribution in [0.5, 0.6) is 0 Å². The first-order valence-corrected chi connectivity index (χ1v) is 6.27. The molecule has 0 aliphatic heterocycles. The Hall–Kier alpha value is -1.89. The van der Waals surface area contributed by atoms with E-state index in [1.54, 1.807) is 0 Å². The molecule has 0 bridgehead atoms. The average Bonchev–Trinajstić information content (AvgIpc) is 2.34. The first kappa shape index (κ1) is 12.6. The molecule has 0 N–H and O–H groups in total. The number of rotatable bonds is 2. The lowest BCUT2D eigenvalue weighted by Crippen LogP contribution is -2.18. The summed E-state index contributed by atoms with van der Waals surface area (Å²) in [7, 11) is 4.21. The minimum atomic E-state index is 1.28. The van der Waals surface area contributed by atoms with Crippen molar-refractivity contribution >= 4 is 5.71 Å². The van der Waals surface area contributed by atoms with Crippen molar-refractivity contribution in [2.24, 2.45) is 0 Å². The third-order valence-electron chi connectivity index (χ3n) is 3.25. The van der Waals surface area contributed by atoms with E-state index in [4.69, 9.17) is 0 Å². The first-order valence-electron chi connectivity index (χ1n) is 6.27. The van der Waals surface area contributed by atoms with Gasteiger partial charge in [0.2, 0.25) is 5.71 Å². The summed E-state index contributed by atoms with van der Waals surface area (Å²) in [5, 5.41) is 0. The molecule has 18 heavy (non-hydrogen) atoms. The number of hydrogen-bond donors (Lipinski definition) is 0. The Kier molecular flexibility index (Phi) is 3.61. The molecule has 0 saturated carbocycles. The molecule has 0 aliphatic rings. The predicted octanol–water partition coefficient (Wildman–Crippen LogP) is 3.41. The van der Waals surface area contributed by atoms with Crippen molar-refractivity contribution in [3.8, 4) is 0 Å². The molecule has 2 rings (SSSR count). The van der Waals surface area contributed by atoms with Gasteiger partial charge in [0, 0.05) is 11.1 Å². The Bertz CT molecular complexity index is 543. The summed E-state index contributed by atoms with van der Waals surface area (Å²) in [5.41, 5.74) is 6.51. The van der Waals surface area contributed by atoms with E-state index in [-0.39, 0.29) is 0 Å². The first-order chi connectivity index (χ1) is 8.61. The lowest BCUT2D eigenvalue weighted by atomic mass is 9.95. The molecule has 92 valence electrons. The van der Waals surface area contributed by atoms with Gasteiger partial charge in [0.05, 0.1) is 0 Å². The summed E-state index contributed by atoms with van der Waals surface area (Å²) in [6.45, 7) is 4.33. The Morgan fingerprint density at radius 1 is 0.722 bits per heavy atom. The van der Waals surface area contributed by atoms with E-state index in [0.29, 0.717) is 0 Å². The fraction of sp³-hybridized carbons (Fsp3) is 0.235. The van der Waals surface area contributed by atoms with Gasteiger partial charge < -0.3 is 0 Å². The molecule has 1 heteroatoms. The molecule has 0 aromatic heterocycles. The maximum atomic E-state index is 2.20. The van der Waals surface area contributed by atoms with Gasteiger partial charge in [-0.25, -0.2) is 4.58 Å². The smallest absolute Gasteiger partial charge is 0.214 e. The highest BCUT2D eigenvalue weighted by atomic mass is 14.9. The van der Waals surface area contributed by atoms with E-state index >= 15 is 0 Å². The molecule has 0 amide bonds. The number of nitrogens with zero attached hydrogens (tertiary/aromatic N) is 1. The molecule has 0 spiro atoms. The SMILES string of the molecule is Cc1ccccc1C(c1ccccc1C)=[N+](C)C. The molecular weight excluding hydrogens is 218 g/mol. The Morgan fingerprint density at radius 2 is 1.11 bits per heavy atom. The van der Waals surface area contributed by atoms with E-state index in [1.165, 1.54) is 28.0 Å². The summed E-state index contributed by atoms with van der Waals surface area (Å²) >= 11 is 0. The molecule has 0 fully saturated rings. The van der Waals surface area contributed by atoms with Crippen LogP contribution in [0.1, 0.15) is 22.3 Å². The van der Waals surface area contributed by atoms with Gasteiger partial charge in [0.1, 0.15) is 14.1 Å². The highest BCUT2D eigenvalue weighted by molar-refractivity contribution is 6.11. The van der Waals surface area contributed by atoms with Crippen molar-refractivity contribution in [1.82, 2.24) is 0 Å². The molecule has 1 nitrogen and oxygen atoms in total. The van der Waals surface area contributed by atoms with E-state index in [0.717, 1.165) is 0 Å². The number of benzene rings is 2. The molecular formula is C17H20N+. The van der Waals surface area contributed by atoms with E-state index in [9.17, 15) is 0 Å². The van der Waals surface area contributed by atoms with Crippen molar-refractivity contribution in [2.45, 2.75) is 13.8 Å². The minimum absolute atomic E-state index is 1.28. The van der Waals surface area contributed by atoms with Crippen LogP contribution >= 0.6 is 0 Å². The zero-order chi connectivity index (χ0) is 13.1. The fourth-order valence-corrected chi connectivity index (χ4v) is 2.30. The van der Waals surface area contributed by atoms with Crippen LogP contribution in [-0.2, 0) is 0 Å². The van der Waals surface area contributed by atoms with Gasteiger partial charge in [-0.2, -0.15) is 0 Å². The van der Waals surface area contributed by atoms with Crippen molar-refractivity contribution in [1.29, 1.82) is 0 Å². The fourth-order valence-electron chi connectivity index (χ4n) is 2.30. The number of hydrogen-bond acceptors (Lipinski definition) is 0. The molecule has 0 unspecified atom stereocenters. The second kappa shape index (κ2) is 5.18. The van der Waals surface area contributed by atoms with E-state index in [2.05, 4.69) is 81.0 Å². The minimum Gasteiger partial charge on any atom is -0.234 e. The highest BCUT2D eigenvalue weighted by Gasteiger charge is 2.18. The van der Waals surface area contributed by atoms with Crippen molar-refractivity contribution in [2.75, 3.05) is 14.1 Å². The maximum absolute atomic E-state index is 2.20. The average molecular weight is 238 g/mol. The second-order valence-electron chi connectivity index (χ2n) is 4.87. The van der Waals surface area contributed by atoms with Crippen LogP contribution in [0.2, 0.25) is 0 Å². The van der Waals surface area contributed by atoms with Gasteiger partial charge in [-0.1, -0.05) is 36.4 Å².